The highest BCUT2D eigenvalue weighted by Gasteiger charge is 2.32. The lowest BCUT2D eigenvalue weighted by Crippen LogP contribution is -2.40. The lowest BCUT2D eigenvalue weighted by atomic mass is 9.76. The molecule has 2 heteroatoms. The normalized spacial score (nSPS) is 25.6. The summed E-state index contributed by atoms with van der Waals surface area (Å²) in [6.45, 7) is 2.02. The molecule has 2 rings (SSSR count). The highest BCUT2D eigenvalue weighted by Crippen LogP contribution is 2.29. The molecule has 2 nitrogen and oxygen atoms in total. The summed E-state index contributed by atoms with van der Waals surface area (Å²) in [5.41, 5.74) is 7.67. The number of ketones is 1. The smallest absolute Gasteiger partial charge is 0.166 e. The van der Waals surface area contributed by atoms with E-state index in [2.05, 4.69) is 0 Å². The molecule has 0 saturated heterocycles. The summed E-state index contributed by atoms with van der Waals surface area (Å²) in [6.07, 6.45) is 1.71. The maximum Gasteiger partial charge on any atom is 0.166 e. The van der Waals surface area contributed by atoms with E-state index in [4.69, 9.17) is 5.73 Å². The molecule has 2 N–H and O–H groups in total. The van der Waals surface area contributed by atoms with Gasteiger partial charge in [0.25, 0.3) is 0 Å². The summed E-state index contributed by atoms with van der Waals surface area (Å²) in [4.78, 5) is 11.8. The minimum Gasteiger partial charge on any atom is -0.328 e. The Balaban J connectivity index is 2.08. The molecule has 1 fully saturated rings. The fraction of sp³-hybridized carbons (Fsp3) is 0.417. The van der Waals surface area contributed by atoms with E-state index in [-0.39, 0.29) is 17.7 Å². The molecule has 0 bridgehead atoms. The van der Waals surface area contributed by atoms with Gasteiger partial charge >= 0.3 is 0 Å². The SMILES string of the molecule is Cc1ccc(C(=O)C2CC(N)C2)cc1. The van der Waals surface area contributed by atoms with E-state index in [0.29, 0.717) is 0 Å². The van der Waals surface area contributed by atoms with E-state index in [1.165, 1.54) is 5.56 Å². The number of carbonyl (C=O) groups excluding carboxylic acids is 1. The molecule has 0 atom stereocenters. The van der Waals surface area contributed by atoms with Gasteiger partial charge in [0.15, 0.2) is 5.78 Å². The number of benzene rings is 1. The van der Waals surface area contributed by atoms with Crippen LogP contribution in [0.5, 0.6) is 0 Å². The first-order chi connectivity index (χ1) is 6.66. The molecule has 1 aromatic carbocycles. The van der Waals surface area contributed by atoms with E-state index >= 15 is 0 Å². The molecule has 14 heavy (non-hydrogen) atoms. The molecule has 1 aromatic rings. The van der Waals surface area contributed by atoms with Gasteiger partial charge < -0.3 is 5.73 Å². The lowest BCUT2D eigenvalue weighted by Gasteiger charge is -2.31. The first-order valence-electron chi connectivity index (χ1n) is 5.03. The molecular formula is C12H15NO. The van der Waals surface area contributed by atoms with E-state index in [1.807, 2.05) is 31.2 Å². The molecule has 74 valence electrons. The Hall–Kier alpha value is -1.15. The first-order valence-corrected chi connectivity index (χ1v) is 5.03. The molecule has 1 aliphatic rings. The van der Waals surface area contributed by atoms with Crippen molar-refractivity contribution in [1.29, 1.82) is 0 Å². The lowest BCUT2D eigenvalue weighted by molar-refractivity contribution is 0.0832. The summed E-state index contributed by atoms with van der Waals surface area (Å²) < 4.78 is 0. The molecular weight excluding hydrogens is 174 g/mol. The van der Waals surface area contributed by atoms with E-state index < -0.39 is 0 Å². The van der Waals surface area contributed by atoms with Crippen LogP contribution in [-0.4, -0.2) is 11.8 Å². The van der Waals surface area contributed by atoms with Gasteiger partial charge in [-0.1, -0.05) is 29.8 Å². The van der Waals surface area contributed by atoms with E-state index in [0.717, 1.165) is 18.4 Å². The molecule has 0 unspecified atom stereocenters. The number of hydrogen-bond acceptors (Lipinski definition) is 2. The number of nitrogens with two attached hydrogens (primary N) is 1. The third-order valence-electron chi connectivity index (χ3n) is 2.88. The van der Waals surface area contributed by atoms with Crippen molar-refractivity contribution in [2.45, 2.75) is 25.8 Å². The van der Waals surface area contributed by atoms with Gasteiger partial charge in [0.1, 0.15) is 0 Å². The minimum atomic E-state index is 0.174. The Morgan fingerprint density at radius 1 is 1.29 bits per heavy atom. The van der Waals surface area contributed by atoms with Gasteiger partial charge in [-0.3, -0.25) is 4.79 Å². The second kappa shape index (κ2) is 3.54. The number of rotatable bonds is 2. The van der Waals surface area contributed by atoms with Gasteiger partial charge in [0.05, 0.1) is 0 Å². The Morgan fingerprint density at radius 3 is 2.36 bits per heavy atom. The van der Waals surface area contributed by atoms with Gasteiger partial charge in [-0.15, -0.1) is 0 Å². The highest BCUT2D eigenvalue weighted by atomic mass is 16.1. The van der Waals surface area contributed by atoms with Gasteiger partial charge in [-0.05, 0) is 19.8 Å². The largest absolute Gasteiger partial charge is 0.328 e. The molecule has 0 radical (unpaired) electrons. The second-order valence-electron chi connectivity index (χ2n) is 4.16. The Morgan fingerprint density at radius 2 is 1.86 bits per heavy atom. The van der Waals surface area contributed by atoms with Crippen LogP contribution < -0.4 is 5.73 Å². The van der Waals surface area contributed by atoms with Crippen molar-refractivity contribution in [3.05, 3.63) is 35.4 Å². The summed E-state index contributed by atoms with van der Waals surface area (Å²) in [5, 5.41) is 0. The Labute approximate surface area is 84.1 Å². The predicted octanol–water partition coefficient (Wildman–Crippen LogP) is 1.92. The zero-order valence-corrected chi connectivity index (χ0v) is 8.36. The molecule has 0 aliphatic heterocycles. The fourth-order valence-electron chi connectivity index (χ4n) is 1.83. The number of hydrogen-bond donors (Lipinski definition) is 1. The maximum atomic E-state index is 11.8. The Kier molecular flexibility index (Phi) is 2.38. The predicted molar refractivity (Wildman–Crippen MR) is 56.2 cm³/mol. The minimum absolute atomic E-state index is 0.174. The van der Waals surface area contributed by atoms with E-state index in [9.17, 15) is 4.79 Å². The van der Waals surface area contributed by atoms with Crippen molar-refractivity contribution in [3.63, 3.8) is 0 Å². The van der Waals surface area contributed by atoms with Gasteiger partial charge in [-0.25, -0.2) is 0 Å². The van der Waals surface area contributed by atoms with Crippen molar-refractivity contribution >= 4 is 5.78 Å². The molecule has 0 aromatic heterocycles. The number of aryl methyl sites for hydroxylation is 1. The molecule has 0 heterocycles. The van der Waals surface area contributed by atoms with Crippen molar-refractivity contribution in [2.75, 3.05) is 0 Å². The van der Waals surface area contributed by atoms with Crippen molar-refractivity contribution in [3.8, 4) is 0 Å². The molecule has 1 saturated carbocycles. The summed E-state index contributed by atoms with van der Waals surface area (Å²) in [6, 6.07) is 8.01. The van der Waals surface area contributed by atoms with Crippen LogP contribution in [0, 0.1) is 12.8 Å². The van der Waals surface area contributed by atoms with Crippen LogP contribution in [0.1, 0.15) is 28.8 Å². The monoisotopic (exact) mass is 189 g/mol. The van der Waals surface area contributed by atoms with Crippen molar-refractivity contribution in [1.82, 2.24) is 0 Å². The van der Waals surface area contributed by atoms with Crippen molar-refractivity contribution < 1.29 is 4.79 Å². The van der Waals surface area contributed by atoms with Crippen LogP contribution in [0.15, 0.2) is 24.3 Å². The average Bonchev–Trinajstić information content (AvgIpc) is 2.13. The quantitative estimate of drug-likeness (QED) is 0.722. The van der Waals surface area contributed by atoms with Gasteiger partial charge in [0, 0.05) is 17.5 Å². The van der Waals surface area contributed by atoms with Crippen LogP contribution in [0.4, 0.5) is 0 Å². The maximum absolute atomic E-state index is 11.8. The van der Waals surface area contributed by atoms with Crippen LogP contribution >= 0.6 is 0 Å². The summed E-state index contributed by atoms with van der Waals surface area (Å²) in [5.74, 6) is 0.430. The van der Waals surface area contributed by atoms with Crippen LogP contribution in [0.3, 0.4) is 0 Å². The van der Waals surface area contributed by atoms with Crippen LogP contribution in [0.2, 0.25) is 0 Å². The standard InChI is InChI=1S/C12H15NO/c1-8-2-4-9(5-3-8)12(14)10-6-11(13)7-10/h2-5,10-11H,6-7,13H2,1H3. The summed E-state index contributed by atoms with van der Waals surface area (Å²) >= 11 is 0. The Bertz CT molecular complexity index is 336. The molecule has 0 amide bonds. The zero-order valence-electron chi connectivity index (χ0n) is 8.36. The number of carbonyl (C=O) groups is 1. The van der Waals surface area contributed by atoms with Crippen LogP contribution in [0.25, 0.3) is 0 Å². The fourth-order valence-corrected chi connectivity index (χ4v) is 1.83. The zero-order chi connectivity index (χ0) is 10.1. The summed E-state index contributed by atoms with van der Waals surface area (Å²) in [7, 11) is 0. The molecule has 1 aliphatic carbocycles. The van der Waals surface area contributed by atoms with Crippen molar-refractivity contribution in [2.24, 2.45) is 11.7 Å². The number of Topliss-reactive ketones (excluding diaryl/α,β-unsaturated/α-hetero) is 1. The third-order valence-corrected chi connectivity index (χ3v) is 2.88. The van der Waals surface area contributed by atoms with Gasteiger partial charge in [-0.2, -0.15) is 0 Å². The average molecular weight is 189 g/mol. The highest BCUT2D eigenvalue weighted by molar-refractivity contribution is 5.98. The third kappa shape index (κ3) is 1.70. The van der Waals surface area contributed by atoms with Crippen LogP contribution in [-0.2, 0) is 0 Å². The van der Waals surface area contributed by atoms with Gasteiger partial charge in [0.2, 0.25) is 0 Å². The van der Waals surface area contributed by atoms with E-state index in [1.54, 1.807) is 0 Å². The topological polar surface area (TPSA) is 43.1 Å². The first kappa shape index (κ1) is 9.41. The second-order valence-corrected chi connectivity index (χ2v) is 4.16. The molecule has 0 spiro atoms.